The van der Waals surface area contributed by atoms with E-state index in [1.165, 1.54) is 19.4 Å². The zero-order chi connectivity index (χ0) is 17.2. The first-order valence-corrected chi connectivity index (χ1v) is 8.92. The second-order valence-corrected chi connectivity index (χ2v) is 6.98. The van der Waals surface area contributed by atoms with Crippen molar-refractivity contribution in [1.29, 1.82) is 0 Å². The first kappa shape index (κ1) is 16.1. The average molecular weight is 340 g/mol. The SMILES string of the molecule is Cn1cnc(-c2cccc(NC(=O)N3CCN(CC4CC4)CC3)c2)n1. The molecule has 1 aromatic carbocycles. The zero-order valence-corrected chi connectivity index (χ0v) is 14.6. The highest BCUT2D eigenvalue weighted by molar-refractivity contribution is 5.90. The van der Waals surface area contributed by atoms with Crippen LogP contribution in [0, 0.1) is 5.92 Å². The van der Waals surface area contributed by atoms with Gasteiger partial charge in [-0.05, 0) is 30.9 Å². The van der Waals surface area contributed by atoms with Crippen molar-refractivity contribution in [3.05, 3.63) is 30.6 Å². The Bertz CT molecular complexity index is 746. The third kappa shape index (κ3) is 3.99. The smallest absolute Gasteiger partial charge is 0.321 e. The van der Waals surface area contributed by atoms with Gasteiger partial charge in [-0.25, -0.2) is 9.78 Å². The Labute approximate surface area is 147 Å². The molecule has 4 rings (SSSR count). The molecule has 0 radical (unpaired) electrons. The van der Waals surface area contributed by atoms with Crippen LogP contribution in [0.2, 0.25) is 0 Å². The molecule has 0 bridgehead atoms. The Morgan fingerprint density at radius 2 is 2.04 bits per heavy atom. The van der Waals surface area contributed by atoms with E-state index in [1.807, 2.05) is 36.2 Å². The lowest BCUT2D eigenvalue weighted by molar-refractivity contribution is 0.144. The number of urea groups is 1. The Kier molecular flexibility index (Phi) is 4.40. The van der Waals surface area contributed by atoms with Crippen LogP contribution in [0.25, 0.3) is 11.4 Å². The molecule has 2 aliphatic rings. The van der Waals surface area contributed by atoms with Gasteiger partial charge >= 0.3 is 6.03 Å². The number of hydrogen-bond donors (Lipinski definition) is 1. The van der Waals surface area contributed by atoms with Crippen molar-refractivity contribution in [2.24, 2.45) is 13.0 Å². The zero-order valence-electron chi connectivity index (χ0n) is 14.6. The number of nitrogens with zero attached hydrogens (tertiary/aromatic N) is 5. The van der Waals surface area contributed by atoms with Crippen LogP contribution in [0.1, 0.15) is 12.8 Å². The molecule has 1 aliphatic carbocycles. The molecule has 2 heterocycles. The summed E-state index contributed by atoms with van der Waals surface area (Å²) in [5, 5.41) is 7.31. The van der Waals surface area contributed by atoms with Crippen molar-refractivity contribution >= 4 is 11.7 Å². The van der Waals surface area contributed by atoms with Gasteiger partial charge in [-0.3, -0.25) is 9.58 Å². The van der Waals surface area contributed by atoms with Gasteiger partial charge in [-0.2, -0.15) is 5.10 Å². The largest absolute Gasteiger partial charge is 0.322 e. The summed E-state index contributed by atoms with van der Waals surface area (Å²) in [7, 11) is 1.84. The second kappa shape index (κ2) is 6.84. The lowest BCUT2D eigenvalue weighted by Gasteiger charge is -2.34. The average Bonchev–Trinajstić information content (AvgIpc) is 3.33. The highest BCUT2D eigenvalue weighted by Gasteiger charge is 2.27. The first-order valence-electron chi connectivity index (χ1n) is 8.92. The van der Waals surface area contributed by atoms with Gasteiger partial charge in [-0.1, -0.05) is 12.1 Å². The van der Waals surface area contributed by atoms with E-state index in [-0.39, 0.29) is 6.03 Å². The summed E-state index contributed by atoms with van der Waals surface area (Å²) in [4.78, 5) is 21.2. The Balaban J connectivity index is 1.34. The van der Waals surface area contributed by atoms with E-state index in [1.54, 1.807) is 11.0 Å². The molecule has 1 aromatic heterocycles. The van der Waals surface area contributed by atoms with Gasteiger partial charge in [0, 0.05) is 51.0 Å². The van der Waals surface area contributed by atoms with Crippen molar-refractivity contribution in [1.82, 2.24) is 24.6 Å². The molecule has 7 heteroatoms. The number of amides is 2. The number of aromatic nitrogens is 3. The molecule has 7 nitrogen and oxygen atoms in total. The van der Waals surface area contributed by atoms with Crippen molar-refractivity contribution in [3.8, 4) is 11.4 Å². The standard InChI is InChI=1S/C18H24N6O/c1-22-13-19-17(21-22)15-3-2-4-16(11-15)20-18(25)24-9-7-23(8-10-24)12-14-5-6-14/h2-4,11,13-14H,5-10,12H2,1H3,(H,20,25). The highest BCUT2D eigenvalue weighted by Crippen LogP contribution is 2.30. The quantitative estimate of drug-likeness (QED) is 0.925. The number of anilines is 1. The molecule has 2 amide bonds. The van der Waals surface area contributed by atoms with Crippen LogP contribution >= 0.6 is 0 Å². The van der Waals surface area contributed by atoms with Crippen molar-refractivity contribution in [2.75, 3.05) is 38.0 Å². The normalized spacial score (nSPS) is 18.4. The molecular formula is C18H24N6O. The first-order chi connectivity index (χ1) is 12.2. The lowest BCUT2D eigenvalue weighted by atomic mass is 10.2. The van der Waals surface area contributed by atoms with Gasteiger partial charge in [-0.15, -0.1) is 0 Å². The van der Waals surface area contributed by atoms with E-state index in [0.29, 0.717) is 5.82 Å². The molecule has 1 aliphatic heterocycles. The lowest BCUT2D eigenvalue weighted by Crippen LogP contribution is -2.50. The summed E-state index contributed by atoms with van der Waals surface area (Å²) in [5.41, 5.74) is 1.67. The number of rotatable bonds is 4. The summed E-state index contributed by atoms with van der Waals surface area (Å²) in [5.74, 6) is 1.57. The monoisotopic (exact) mass is 340 g/mol. The van der Waals surface area contributed by atoms with Gasteiger partial charge in [0.05, 0.1) is 0 Å². The molecular weight excluding hydrogens is 316 g/mol. The number of nitrogens with one attached hydrogen (secondary N) is 1. The minimum Gasteiger partial charge on any atom is -0.322 e. The van der Waals surface area contributed by atoms with Crippen molar-refractivity contribution < 1.29 is 4.79 Å². The maximum Gasteiger partial charge on any atom is 0.321 e. The summed E-state index contributed by atoms with van der Waals surface area (Å²) in [6.45, 7) is 4.73. The fourth-order valence-electron chi connectivity index (χ4n) is 3.21. The van der Waals surface area contributed by atoms with Crippen LogP contribution < -0.4 is 5.32 Å². The molecule has 0 spiro atoms. The third-order valence-electron chi connectivity index (χ3n) is 4.84. The summed E-state index contributed by atoms with van der Waals surface area (Å²) in [6.07, 6.45) is 4.42. The van der Waals surface area contributed by atoms with Crippen molar-refractivity contribution in [2.45, 2.75) is 12.8 Å². The van der Waals surface area contributed by atoms with Crippen LogP contribution in [-0.4, -0.2) is 63.3 Å². The van der Waals surface area contributed by atoms with Crippen molar-refractivity contribution in [3.63, 3.8) is 0 Å². The topological polar surface area (TPSA) is 66.3 Å². The van der Waals surface area contributed by atoms with E-state index in [4.69, 9.17) is 0 Å². The predicted octanol–water partition coefficient (Wildman–Crippen LogP) is 2.04. The molecule has 1 saturated heterocycles. The Morgan fingerprint density at radius 1 is 1.24 bits per heavy atom. The molecule has 0 atom stereocenters. The van der Waals surface area contributed by atoms with Gasteiger partial charge in [0.1, 0.15) is 6.33 Å². The van der Waals surface area contributed by atoms with Gasteiger partial charge < -0.3 is 10.2 Å². The highest BCUT2D eigenvalue weighted by atomic mass is 16.2. The molecule has 1 N–H and O–H groups in total. The molecule has 2 aromatic rings. The van der Waals surface area contributed by atoms with E-state index >= 15 is 0 Å². The van der Waals surface area contributed by atoms with E-state index in [0.717, 1.165) is 43.3 Å². The van der Waals surface area contributed by atoms with E-state index in [2.05, 4.69) is 20.3 Å². The van der Waals surface area contributed by atoms with Gasteiger partial charge in [0.25, 0.3) is 0 Å². The molecule has 0 unspecified atom stereocenters. The van der Waals surface area contributed by atoms with Crippen LogP contribution in [0.5, 0.6) is 0 Å². The molecule has 1 saturated carbocycles. The van der Waals surface area contributed by atoms with Crippen LogP contribution in [0.15, 0.2) is 30.6 Å². The fraction of sp³-hybridized carbons (Fsp3) is 0.500. The minimum atomic E-state index is -0.0304. The number of piperazine rings is 1. The Morgan fingerprint density at radius 3 is 2.72 bits per heavy atom. The number of aryl methyl sites for hydroxylation is 1. The maximum atomic E-state index is 12.5. The van der Waals surface area contributed by atoms with Crippen LogP contribution in [0.3, 0.4) is 0 Å². The third-order valence-corrected chi connectivity index (χ3v) is 4.84. The van der Waals surface area contributed by atoms with E-state index in [9.17, 15) is 4.79 Å². The van der Waals surface area contributed by atoms with Crippen LogP contribution in [0.4, 0.5) is 10.5 Å². The summed E-state index contributed by atoms with van der Waals surface area (Å²) < 4.78 is 1.67. The summed E-state index contributed by atoms with van der Waals surface area (Å²) >= 11 is 0. The molecule has 2 fully saturated rings. The molecule has 25 heavy (non-hydrogen) atoms. The second-order valence-electron chi connectivity index (χ2n) is 6.98. The Hall–Kier alpha value is -2.41. The predicted molar refractivity (Wildman–Crippen MR) is 96.2 cm³/mol. The summed E-state index contributed by atoms with van der Waals surface area (Å²) in [6, 6.07) is 7.64. The fourth-order valence-corrected chi connectivity index (χ4v) is 3.21. The number of carbonyl (C=O) groups excluding carboxylic acids is 1. The number of benzene rings is 1. The maximum absolute atomic E-state index is 12.5. The minimum absolute atomic E-state index is 0.0304. The van der Waals surface area contributed by atoms with Gasteiger partial charge in [0.15, 0.2) is 5.82 Å². The number of carbonyl (C=O) groups is 1. The number of hydrogen-bond acceptors (Lipinski definition) is 4. The van der Waals surface area contributed by atoms with Crippen LogP contribution in [-0.2, 0) is 7.05 Å². The molecule has 132 valence electrons. The van der Waals surface area contributed by atoms with Gasteiger partial charge in [0.2, 0.25) is 0 Å². The van der Waals surface area contributed by atoms with E-state index < -0.39 is 0 Å².